The van der Waals surface area contributed by atoms with Gasteiger partial charge in [-0.25, -0.2) is 4.79 Å². The number of ketones is 1. The highest BCUT2D eigenvalue weighted by molar-refractivity contribution is 7.98. The molecular formula is C24H29NO6S. The number of hydrogen-bond acceptors (Lipinski definition) is 7. The maximum atomic E-state index is 12.5. The minimum atomic E-state index is -0.637. The number of carbonyl (C=O) groups excluding carboxylic acids is 3. The van der Waals surface area contributed by atoms with Gasteiger partial charge in [0.2, 0.25) is 5.91 Å². The van der Waals surface area contributed by atoms with E-state index in [1.807, 2.05) is 13.2 Å². The summed E-state index contributed by atoms with van der Waals surface area (Å²) in [5, 5.41) is 2.71. The Labute approximate surface area is 192 Å². The van der Waals surface area contributed by atoms with Gasteiger partial charge in [0.05, 0.1) is 24.5 Å². The fraction of sp³-hybridized carbons (Fsp3) is 0.375. The van der Waals surface area contributed by atoms with Crippen molar-refractivity contribution < 1.29 is 28.6 Å². The van der Waals surface area contributed by atoms with E-state index in [1.165, 1.54) is 18.7 Å². The Kier molecular flexibility index (Phi) is 10.1. The average Bonchev–Trinajstić information content (AvgIpc) is 2.78. The Balaban J connectivity index is 2.07. The van der Waals surface area contributed by atoms with Crippen molar-refractivity contribution in [3.05, 3.63) is 47.5 Å². The predicted octanol–water partition coefficient (Wildman–Crippen LogP) is 4.98. The van der Waals surface area contributed by atoms with Crippen molar-refractivity contribution in [3.63, 3.8) is 0 Å². The van der Waals surface area contributed by atoms with Crippen molar-refractivity contribution in [1.82, 2.24) is 0 Å². The van der Waals surface area contributed by atoms with Crippen molar-refractivity contribution in [2.75, 3.05) is 31.4 Å². The van der Waals surface area contributed by atoms with Gasteiger partial charge in [-0.2, -0.15) is 0 Å². The van der Waals surface area contributed by atoms with Crippen LogP contribution in [0.3, 0.4) is 0 Å². The van der Waals surface area contributed by atoms with Crippen LogP contribution in [0.1, 0.15) is 54.3 Å². The van der Waals surface area contributed by atoms with Gasteiger partial charge in [0.15, 0.2) is 23.9 Å². The topological polar surface area (TPSA) is 90.9 Å². The van der Waals surface area contributed by atoms with E-state index in [9.17, 15) is 14.4 Å². The second-order valence-electron chi connectivity index (χ2n) is 6.89. The first kappa shape index (κ1) is 25.3. The standard InChI is InChI=1S/C24H29NO6S/c1-5-7-12-30-21-10-8-18(14-22(21)29-6-2)24(28)31-15-20(27)17-9-11-23(32-4)19(13-17)25-16(3)26/h8-11,13-14H,5-7,12,15H2,1-4H3,(H,25,26). The lowest BCUT2D eigenvalue weighted by atomic mass is 10.1. The molecule has 0 aliphatic heterocycles. The van der Waals surface area contributed by atoms with Gasteiger partial charge in [-0.05, 0) is 49.9 Å². The number of amides is 1. The molecule has 0 atom stereocenters. The van der Waals surface area contributed by atoms with Gasteiger partial charge < -0.3 is 19.5 Å². The zero-order chi connectivity index (χ0) is 23.5. The Morgan fingerprint density at radius 2 is 1.72 bits per heavy atom. The van der Waals surface area contributed by atoms with Crippen LogP contribution in [0.15, 0.2) is 41.3 Å². The summed E-state index contributed by atoms with van der Waals surface area (Å²) >= 11 is 1.45. The summed E-state index contributed by atoms with van der Waals surface area (Å²) in [6, 6.07) is 9.77. The molecule has 0 saturated carbocycles. The minimum absolute atomic E-state index is 0.233. The number of nitrogens with one attached hydrogen (secondary N) is 1. The molecule has 0 unspecified atom stereocenters. The summed E-state index contributed by atoms with van der Waals surface area (Å²) in [6.45, 7) is 5.88. The second kappa shape index (κ2) is 12.8. The molecule has 1 amide bonds. The second-order valence-corrected chi connectivity index (χ2v) is 7.74. The third-order valence-corrected chi connectivity index (χ3v) is 5.20. The van der Waals surface area contributed by atoms with Crippen LogP contribution in [0.4, 0.5) is 5.69 Å². The van der Waals surface area contributed by atoms with Crippen LogP contribution in [0.5, 0.6) is 11.5 Å². The highest BCUT2D eigenvalue weighted by Crippen LogP contribution is 2.29. The van der Waals surface area contributed by atoms with Gasteiger partial charge in [-0.15, -0.1) is 11.8 Å². The van der Waals surface area contributed by atoms with Crippen molar-refractivity contribution in [1.29, 1.82) is 0 Å². The molecule has 0 fully saturated rings. The summed E-state index contributed by atoms with van der Waals surface area (Å²) in [5.74, 6) is -0.225. The monoisotopic (exact) mass is 459 g/mol. The summed E-state index contributed by atoms with van der Waals surface area (Å²) in [6.07, 6.45) is 3.80. The lowest BCUT2D eigenvalue weighted by Gasteiger charge is -2.13. The number of rotatable bonds is 12. The molecule has 7 nitrogen and oxygen atoms in total. The smallest absolute Gasteiger partial charge is 0.338 e. The largest absolute Gasteiger partial charge is 0.490 e. The Hall–Kier alpha value is -3.00. The number of anilines is 1. The molecule has 0 aliphatic rings. The number of unbranched alkanes of at least 4 members (excludes halogenated alkanes) is 1. The summed E-state index contributed by atoms with van der Waals surface area (Å²) in [5.41, 5.74) is 1.15. The third-order valence-electron chi connectivity index (χ3n) is 4.40. The molecule has 0 bridgehead atoms. The number of Topliss-reactive ketones (excluding diaryl/α,β-unsaturated/α-hetero) is 1. The number of carbonyl (C=O) groups is 3. The third kappa shape index (κ3) is 7.30. The number of benzene rings is 2. The first-order chi connectivity index (χ1) is 15.4. The van der Waals surface area contributed by atoms with E-state index in [0.717, 1.165) is 17.7 Å². The van der Waals surface area contributed by atoms with E-state index in [1.54, 1.807) is 36.4 Å². The molecule has 32 heavy (non-hydrogen) atoms. The van der Waals surface area contributed by atoms with E-state index in [0.29, 0.717) is 36.0 Å². The first-order valence-corrected chi connectivity index (χ1v) is 11.7. The lowest BCUT2D eigenvalue weighted by molar-refractivity contribution is -0.114. The van der Waals surface area contributed by atoms with Crippen LogP contribution in [0, 0.1) is 0 Å². The highest BCUT2D eigenvalue weighted by Gasteiger charge is 2.16. The molecule has 2 rings (SSSR count). The lowest BCUT2D eigenvalue weighted by Crippen LogP contribution is -2.15. The molecular weight excluding hydrogens is 430 g/mol. The molecule has 2 aromatic carbocycles. The normalized spacial score (nSPS) is 10.4. The van der Waals surface area contributed by atoms with E-state index in [-0.39, 0.29) is 17.3 Å². The van der Waals surface area contributed by atoms with Crippen LogP contribution in [-0.4, -0.2) is 43.7 Å². The minimum Gasteiger partial charge on any atom is -0.490 e. The zero-order valence-electron chi connectivity index (χ0n) is 18.9. The van der Waals surface area contributed by atoms with Crippen molar-refractivity contribution >= 4 is 35.1 Å². The molecule has 172 valence electrons. The molecule has 0 saturated heterocycles. The molecule has 1 N–H and O–H groups in total. The Bertz CT molecular complexity index is 960. The average molecular weight is 460 g/mol. The maximum Gasteiger partial charge on any atom is 0.338 e. The highest BCUT2D eigenvalue weighted by atomic mass is 32.2. The molecule has 8 heteroatoms. The van der Waals surface area contributed by atoms with E-state index >= 15 is 0 Å². The van der Waals surface area contributed by atoms with Crippen LogP contribution < -0.4 is 14.8 Å². The van der Waals surface area contributed by atoms with E-state index < -0.39 is 12.6 Å². The van der Waals surface area contributed by atoms with Gasteiger partial charge in [0.25, 0.3) is 0 Å². The zero-order valence-corrected chi connectivity index (χ0v) is 19.7. The van der Waals surface area contributed by atoms with Gasteiger partial charge in [-0.1, -0.05) is 19.4 Å². The molecule has 0 spiro atoms. The summed E-state index contributed by atoms with van der Waals surface area (Å²) in [4.78, 5) is 37.3. The van der Waals surface area contributed by atoms with Gasteiger partial charge in [0, 0.05) is 17.4 Å². The molecule has 0 radical (unpaired) electrons. The van der Waals surface area contributed by atoms with E-state index in [2.05, 4.69) is 12.2 Å². The van der Waals surface area contributed by atoms with Gasteiger partial charge in [-0.3, -0.25) is 9.59 Å². The number of thioether (sulfide) groups is 1. The number of ether oxygens (including phenoxy) is 3. The van der Waals surface area contributed by atoms with Crippen molar-refractivity contribution in [2.45, 2.75) is 38.5 Å². The van der Waals surface area contributed by atoms with Gasteiger partial charge in [0.1, 0.15) is 0 Å². The summed E-state index contributed by atoms with van der Waals surface area (Å²) < 4.78 is 16.5. The van der Waals surface area contributed by atoms with E-state index in [4.69, 9.17) is 14.2 Å². The SMILES string of the molecule is CCCCOc1ccc(C(=O)OCC(=O)c2ccc(SC)c(NC(C)=O)c2)cc1OCC. The van der Waals surface area contributed by atoms with Crippen LogP contribution in [-0.2, 0) is 9.53 Å². The Morgan fingerprint density at radius 3 is 2.38 bits per heavy atom. The quantitative estimate of drug-likeness (QED) is 0.207. The molecule has 2 aromatic rings. The number of hydrogen-bond donors (Lipinski definition) is 1. The predicted molar refractivity (Wildman–Crippen MR) is 125 cm³/mol. The maximum absolute atomic E-state index is 12.5. The molecule has 0 heterocycles. The Morgan fingerprint density at radius 1 is 0.969 bits per heavy atom. The van der Waals surface area contributed by atoms with Crippen LogP contribution in [0.2, 0.25) is 0 Å². The van der Waals surface area contributed by atoms with Crippen LogP contribution in [0.25, 0.3) is 0 Å². The first-order valence-electron chi connectivity index (χ1n) is 10.4. The fourth-order valence-corrected chi connectivity index (χ4v) is 3.35. The fourth-order valence-electron chi connectivity index (χ4n) is 2.82. The van der Waals surface area contributed by atoms with Gasteiger partial charge >= 0.3 is 5.97 Å². The van der Waals surface area contributed by atoms with Crippen molar-refractivity contribution in [2.24, 2.45) is 0 Å². The van der Waals surface area contributed by atoms with Crippen molar-refractivity contribution in [3.8, 4) is 11.5 Å². The molecule has 0 aliphatic carbocycles. The molecule has 0 aromatic heterocycles. The number of esters is 1. The van der Waals surface area contributed by atoms with Crippen LogP contribution >= 0.6 is 11.8 Å². The summed E-state index contributed by atoms with van der Waals surface area (Å²) in [7, 11) is 0.